The lowest BCUT2D eigenvalue weighted by atomic mass is 10.1. The van der Waals surface area contributed by atoms with Crippen LogP contribution in [0.25, 0.3) is 0 Å². The molecule has 0 aliphatic carbocycles. The number of carboxylic acid groups (broad SMARTS) is 1. The van der Waals surface area contributed by atoms with E-state index in [0.29, 0.717) is 0 Å². The van der Waals surface area contributed by atoms with E-state index in [2.05, 4.69) is 0 Å². The van der Waals surface area contributed by atoms with Gasteiger partial charge >= 0.3 is 5.97 Å². The summed E-state index contributed by atoms with van der Waals surface area (Å²) < 4.78 is 5.06. The van der Waals surface area contributed by atoms with Crippen LogP contribution in [-0.4, -0.2) is 23.8 Å². The molecule has 0 aromatic heterocycles. The van der Waals surface area contributed by atoms with E-state index in [1.54, 1.807) is 6.92 Å². The quantitative estimate of drug-likeness (QED) is 0.580. The predicted molar refractivity (Wildman–Crippen MR) is 35.7 cm³/mol. The van der Waals surface area contributed by atoms with Gasteiger partial charge in [-0.05, 0) is 12.5 Å². The van der Waals surface area contributed by atoms with Crippen LogP contribution in [0.2, 0.25) is 0 Å². The van der Waals surface area contributed by atoms with Gasteiger partial charge in [-0.1, -0.05) is 0 Å². The summed E-state index contributed by atoms with van der Waals surface area (Å²) in [5, 5.41) is 8.32. The van der Waals surface area contributed by atoms with Crippen molar-refractivity contribution in [3.05, 3.63) is 11.6 Å². The van der Waals surface area contributed by atoms with Crippen molar-refractivity contribution in [1.82, 2.24) is 0 Å². The minimum atomic E-state index is -0.895. The SMILES string of the molecule is CC(=CC(=O)O)C1CCO1. The zero-order valence-corrected chi connectivity index (χ0v) is 5.83. The molecule has 0 spiro atoms. The molecule has 1 N–H and O–H groups in total. The zero-order valence-electron chi connectivity index (χ0n) is 5.83. The van der Waals surface area contributed by atoms with E-state index < -0.39 is 5.97 Å². The van der Waals surface area contributed by atoms with Crippen molar-refractivity contribution in [3.63, 3.8) is 0 Å². The molecule has 1 fully saturated rings. The first kappa shape index (κ1) is 7.28. The highest BCUT2D eigenvalue weighted by atomic mass is 16.5. The van der Waals surface area contributed by atoms with E-state index in [4.69, 9.17) is 9.84 Å². The standard InChI is InChI=1S/C7H10O3/c1-5(4-7(8)9)6-2-3-10-6/h4,6H,2-3H2,1H3,(H,8,9). The third-order valence-corrected chi connectivity index (χ3v) is 1.56. The maximum atomic E-state index is 10.1. The summed E-state index contributed by atoms with van der Waals surface area (Å²) in [5.41, 5.74) is 0.804. The van der Waals surface area contributed by atoms with Crippen LogP contribution in [0.1, 0.15) is 13.3 Å². The number of hydrogen-bond acceptors (Lipinski definition) is 2. The lowest BCUT2D eigenvalue weighted by Gasteiger charge is -2.26. The van der Waals surface area contributed by atoms with E-state index >= 15 is 0 Å². The Morgan fingerprint density at radius 2 is 2.40 bits per heavy atom. The van der Waals surface area contributed by atoms with Gasteiger partial charge < -0.3 is 9.84 Å². The Labute approximate surface area is 59.3 Å². The smallest absolute Gasteiger partial charge is 0.328 e. The molecule has 1 atom stereocenters. The first-order valence-corrected chi connectivity index (χ1v) is 3.23. The minimum Gasteiger partial charge on any atom is -0.478 e. The fourth-order valence-electron chi connectivity index (χ4n) is 0.883. The second-order valence-corrected chi connectivity index (χ2v) is 2.37. The van der Waals surface area contributed by atoms with Gasteiger partial charge in [0, 0.05) is 12.5 Å². The average Bonchev–Trinajstić information content (AvgIpc) is 1.55. The lowest BCUT2D eigenvalue weighted by Crippen LogP contribution is -2.28. The van der Waals surface area contributed by atoms with Gasteiger partial charge in [0.15, 0.2) is 0 Å². The summed E-state index contributed by atoms with van der Waals surface area (Å²) in [4.78, 5) is 10.1. The molecule has 0 aromatic rings. The molecule has 0 amide bonds. The van der Waals surface area contributed by atoms with Crippen molar-refractivity contribution in [3.8, 4) is 0 Å². The van der Waals surface area contributed by atoms with Crippen LogP contribution in [0, 0.1) is 0 Å². The van der Waals surface area contributed by atoms with Gasteiger partial charge in [0.1, 0.15) is 0 Å². The molecule has 0 saturated carbocycles. The van der Waals surface area contributed by atoms with Crippen molar-refractivity contribution in [2.45, 2.75) is 19.4 Å². The molecular formula is C7H10O3. The molecule has 0 aromatic carbocycles. The first-order chi connectivity index (χ1) is 4.70. The Morgan fingerprint density at radius 3 is 2.70 bits per heavy atom. The van der Waals surface area contributed by atoms with Crippen LogP contribution in [0.5, 0.6) is 0 Å². The molecule has 1 saturated heterocycles. The first-order valence-electron chi connectivity index (χ1n) is 3.23. The van der Waals surface area contributed by atoms with Gasteiger partial charge in [0.25, 0.3) is 0 Å². The molecule has 10 heavy (non-hydrogen) atoms. The van der Waals surface area contributed by atoms with Gasteiger partial charge in [-0.2, -0.15) is 0 Å². The second-order valence-electron chi connectivity index (χ2n) is 2.37. The summed E-state index contributed by atoms with van der Waals surface area (Å²) in [6, 6.07) is 0. The highest BCUT2D eigenvalue weighted by Crippen LogP contribution is 2.18. The number of ether oxygens (including phenoxy) is 1. The molecule has 0 radical (unpaired) electrons. The maximum Gasteiger partial charge on any atom is 0.328 e. The summed E-state index contributed by atoms with van der Waals surface area (Å²) >= 11 is 0. The number of carboxylic acids is 1. The van der Waals surface area contributed by atoms with Gasteiger partial charge in [-0.15, -0.1) is 0 Å². The van der Waals surface area contributed by atoms with Crippen LogP contribution >= 0.6 is 0 Å². The van der Waals surface area contributed by atoms with Crippen molar-refractivity contribution in [1.29, 1.82) is 0 Å². The molecule has 1 rings (SSSR count). The minimum absolute atomic E-state index is 0.0658. The van der Waals surface area contributed by atoms with Gasteiger partial charge in [-0.25, -0.2) is 4.79 Å². The molecule has 3 nitrogen and oxygen atoms in total. The van der Waals surface area contributed by atoms with Gasteiger partial charge in [-0.3, -0.25) is 0 Å². The summed E-state index contributed by atoms with van der Waals surface area (Å²) in [7, 11) is 0. The van der Waals surface area contributed by atoms with Crippen molar-refractivity contribution in [2.24, 2.45) is 0 Å². The topological polar surface area (TPSA) is 46.5 Å². The van der Waals surface area contributed by atoms with Gasteiger partial charge in [0.2, 0.25) is 0 Å². The lowest BCUT2D eigenvalue weighted by molar-refractivity contribution is -0.131. The van der Waals surface area contributed by atoms with E-state index in [-0.39, 0.29) is 6.10 Å². The Balaban J connectivity index is 2.45. The van der Waals surface area contributed by atoms with E-state index in [0.717, 1.165) is 18.6 Å². The van der Waals surface area contributed by atoms with Crippen LogP contribution in [0.4, 0.5) is 0 Å². The van der Waals surface area contributed by atoms with E-state index in [1.165, 1.54) is 6.08 Å². The second kappa shape index (κ2) is 2.84. The number of carbonyl (C=O) groups is 1. The summed E-state index contributed by atoms with van der Waals surface area (Å²) in [5.74, 6) is -0.895. The number of aliphatic carboxylic acids is 1. The monoisotopic (exact) mass is 142 g/mol. The van der Waals surface area contributed by atoms with Crippen molar-refractivity contribution >= 4 is 5.97 Å². The van der Waals surface area contributed by atoms with Crippen LogP contribution < -0.4 is 0 Å². The number of hydrogen-bond donors (Lipinski definition) is 1. The Kier molecular flexibility index (Phi) is 2.06. The summed E-state index contributed by atoms with van der Waals surface area (Å²) in [6.45, 7) is 2.54. The highest BCUT2D eigenvalue weighted by molar-refractivity contribution is 5.80. The molecule has 56 valence electrons. The van der Waals surface area contributed by atoms with Gasteiger partial charge in [0.05, 0.1) is 12.7 Å². The van der Waals surface area contributed by atoms with Crippen LogP contribution in [-0.2, 0) is 9.53 Å². The fraction of sp³-hybridized carbons (Fsp3) is 0.571. The average molecular weight is 142 g/mol. The Morgan fingerprint density at radius 1 is 1.80 bits per heavy atom. The van der Waals surface area contributed by atoms with E-state index in [1.807, 2.05) is 0 Å². The molecule has 1 heterocycles. The predicted octanol–water partition coefficient (Wildman–Crippen LogP) is 0.806. The maximum absolute atomic E-state index is 10.1. The van der Waals surface area contributed by atoms with E-state index in [9.17, 15) is 4.79 Å². The molecule has 1 aliphatic heterocycles. The zero-order chi connectivity index (χ0) is 7.56. The largest absolute Gasteiger partial charge is 0.478 e. The van der Waals surface area contributed by atoms with Crippen molar-refractivity contribution < 1.29 is 14.6 Å². The third kappa shape index (κ3) is 1.57. The van der Waals surface area contributed by atoms with Crippen LogP contribution in [0.15, 0.2) is 11.6 Å². The normalized spacial score (nSPS) is 25.7. The molecule has 1 unspecified atom stereocenters. The number of rotatable bonds is 2. The van der Waals surface area contributed by atoms with Crippen molar-refractivity contribution in [2.75, 3.05) is 6.61 Å². The molecule has 1 aliphatic rings. The Hall–Kier alpha value is -0.830. The molecule has 0 bridgehead atoms. The van der Waals surface area contributed by atoms with Crippen LogP contribution in [0.3, 0.4) is 0 Å². The summed E-state index contributed by atoms with van der Waals surface area (Å²) in [6.07, 6.45) is 2.22. The highest BCUT2D eigenvalue weighted by Gasteiger charge is 2.19. The Bertz CT molecular complexity index is 168. The third-order valence-electron chi connectivity index (χ3n) is 1.56. The molecule has 3 heteroatoms. The fourth-order valence-corrected chi connectivity index (χ4v) is 0.883. The molecular weight excluding hydrogens is 132 g/mol.